The maximum atomic E-state index is 9.46. The summed E-state index contributed by atoms with van der Waals surface area (Å²) in [5.41, 5.74) is 0. The van der Waals surface area contributed by atoms with Crippen LogP contribution in [0.4, 0.5) is 11.6 Å². The predicted octanol–water partition coefficient (Wildman–Crippen LogP) is 2.92. The monoisotopic (exact) mass is 344 g/mol. The highest BCUT2D eigenvalue weighted by atomic mass is 32.1. The molecule has 1 unspecified atom stereocenters. The molecular weight excluding hydrogens is 320 g/mol. The molecule has 4 rings (SSSR count). The summed E-state index contributed by atoms with van der Waals surface area (Å²) in [5.74, 6) is 2.39. The highest BCUT2D eigenvalue weighted by Crippen LogP contribution is 2.34. The van der Waals surface area contributed by atoms with Gasteiger partial charge in [-0.1, -0.05) is 6.07 Å². The van der Waals surface area contributed by atoms with Gasteiger partial charge in [0.25, 0.3) is 0 Å². The number of hydrogen-bond acceptors (Lipinski definition) is 6. The number of thiophene rings is 1. The molecule has 1 saturated heterocycles. The molecule has 0 amide bonds. The van der Waals surface area contributed by atoms with Crippen LogP contribution in [-0.4, -0.2) is 40.8 Å². The number of hydrogen-bond donors (Lipinski definition) is 1. The smallest absolute Gasteiger partial charge is 0.134 e. The van der Waals surface area contributed by atoms with Crippen molar-refractivity contribution in [1.29, 1.82) is 0 Å². The predicted molar refractivity (Wildman–Crippen MR) is 97.6 cm³/mol. The normalized spacial score (nSPS) is 21.0. The second-order valence-electron chi connectivity index (χ2n) is 6.81. The van der Waals surface area contributed by atoms with Crippen LogP contribution in [0.5, 0.6) is 0 Å². The molecule has 2 fully saturated rings. The Kier molecular flexibility index (Phi) is 4.67. The highest BCUT2D eigenvalue weighted by Gasteiger charge is 2.31. The number of aliphatic hydroxyl groups is 1. The zero-order valence-electron chi connectivity index (χ0n) is 13.8. The fraction of sp³-hybridized carbons (Fsp3) is 0.556. The summed E-state index contributed by atoms with van der Waals surface area (Å²) in [4.78, 5) is 15.2. The minimum atomic E-state index is 0.265. The number of piperidine rings is 1. The fourth-order valence-electron chi connectivity index (χ4n) is 3.44. The lowest BCUT2D eigenvalue weighted by Gasteiger charge is -2.33. The molecule has 3 heterocycles. The van der Waals surface area contributed by atoms with Crippen LogP contribution in [0.3, 0.4) is 0 Å². The molecular formula is C18H24N4OS. The van der Waals surface area contributed by atoms with Crippen LogP contribution >= 0.6 is 11.3 Å². The molecule has 24 heavy (non-hydrogen) atoms. The summed E-state index contributed by atoms with van der Waals surface area (Å²) in [6.45, 7) is 3.10. The van der Waals surface area contributed by atoms with Gasteiger partial charge in [-0.05, 0) is 43.0 Å². The first-order chi connectivity index (χ1) is 11.8. The Morgan fingerprint density at radius 2 is 2.21 bits per heavy atom. The van der Waals surface area contributed by atoms with Gasteiger partial charge in [0.2, 0.25) is 0 Å². The van der Waals surface area contributed by atoms with Crippen LogP contribution in [0.1, 0.15) is 30.6 Å². The van der Waals surface area contributed by atoms with E-state index in [1.54, 1.807) is 17.7 Å². The molecule has 1 saturated carbocycles. The Morgan fingerprint density at radius 1 is 1.29 bits per heavy atom. The molecule has 1 aliphatic carbocycles. The van der Waals surface area contributed by atoms with E-state index in [4.69, 9.17) is 0 Å². The van der Waals surface area contributed by atoms with Crippen molar-refractivity contribution in [2.45, 2.75) is 38.3 Å². The summed E-state index contributed by atoms with van der Waals surface area (Å²) in [5, 5.41) is 11.6. The van der Waals surface area contributed by atoms with Crippen molar-refractivity contribution in [2.75, 3.05) is 29.5 Å². The van der Waals surface area contributed by atoms with Gasteiger partial charge in [-0.25, -0.2) is 9.97 Å². The van der Waals surface area contributed by atoms with Gasteiger partial charge in [0.05, 0.1) is 6.54 Å². The Hall–Kier alpha value is -1.66. The zero-order chi connectivity index (χ0) is 16.4. The molecule has 5 nitrogen and oxygen atoms in total. The summed E-state index contributed by atoms with van der Waals surface area (Å²) < 4.78 is 0. The lowest BCUT2D eigenvalue weighted by Crippen LogP contribution is -2.37. The van der Waals surface area contributed by atoms with Crippen LogP contribution in [-0.2, 0) is 6.54 Å². The largest absolute Gasteiger partial charge is 0.396 e. The molecule has 1 N–H and O–H groups in total. The van der Waals surface area contributed by atoms with Crippen LogP contribution in [0, 0.1) is 5.92 Å². The molecule has 0 radical (unpaired) electrons. The van der Waals surface area contributed by atoms with E-state index in [1.165, 1.54) is 17.7 Å². The number of aliphatic hydroxyl groups excluding tert-OH is 1. The first-order valence-electron chi connectivity index (χ1n) is 8.80. The van der Waals surface area contributed by atoms with E-state index >= 15 is 0 Å². The molecule has 1 atom stereocenters. The van der Waals surface area contributed by atoms with Gasteiger partial charge >= 0.3 is 0 Å². The Bertz CT molecular complexity index is 659. The summed E-state index contributed by atoms with van der Waals surface area (Å²) in [6.07, 6.45) is 6.42. The van der Waals surface area contributed by atoms with Crippen molar-refractivity contribution in [2.24, 2.45) is 5.92 Å². The van der Waals surface area contributed by atoms with Crippen LogP contribution in [0.15, 0.2) is 29.9 Å². The third-order valence-electron chi connectivity index (χ3n) is 4.93. The highest BCUT2D eigenvalue weighted by molar-refractivity contribution is 7.09. The maximum absolute atomic E-state index is 9.46. The molecule has 1 aliphatic heterocycles. The first-order valence-corrected chi connectivity index (χ1v) is 9.68. The van der Waals surface area contributed by atoms with Crippen molar-refractivity contribution in [3.63, 3.8) is 0 Å². The number of aromatic nitrogens is 2. The van der Waals surface area contributed by atoms with Gasteiger partial charge < -0.3 is 14.9 Å². The Morgan fingerprint density at radius 3 is 2.96 bits per heavy atom. The molecule has 0 aromatic carbocycles. The lowest BCUT2D eigenvalue weighted by atomic mass is 9.99. The molecule has 2 aliphatic rings. The minimum Gasteiger partial charge on any atom is -0.396 e. The summed E-state index contributed by atoms with van der Waals surface area (Å²) >= 11 is 1.80. The average molecular weight is 344 g/mol. The molecule has 2 aromatic heterocycles. The fourth-order valence-corrected chi connectivity index (χ4v) is 4.15. The molecule has 6 heteroatoms. The third-order valence-corrected chi connectivity index (χ3v) is 5.79. The Balaban J connectivity index is 1.54. The summed E-state index contributed by atoms with van der Waals surface area (Å²) in [7, 11) is 0. The Labute approximate surface area is 147 Å². The van der Waals surface area contributed by atoms with Gasteiger partial charge in [0.1, 0.15) is 18.0 Å². The van der Waals surface area contributed by atoms with Gasteiger partial charge in [-0.2, -0.15) is 0 Å². The van der Waals surface area contributed by atoms with E-state index in [9.17, 15) is 5.11 Å². The molecule has 128 valence electrons. The quantitative estimate of drug-likeness (QED) is 0.873. The average Bonchev–Trinajstić information content (AvgIpc) is 3.35. The second kappa shape index (κ2) is 7.07. The van der Waals surface area contributed by atoms with E-state index in [2.05, 4.69) is 43.3 Å². The van der Waals surface area contributed by atoms with Crippen LogP contribution < -0.4 is 9.80 Å². The number of anilines is 2. The van der Waals surface area contributed by atoms with Gasteiger partial charge in [-0.3, -0.25) is 0 Å². The maximum Gasteiger partial charge on any atom is 0.134 e. The van der Waals surface area contributed by atoms with E-state index in [0.717, 1.165) is 44.1 Å². The van der Waals surface area contributed by atoms with Gasteiger partial charge in [0.15, 0.2) is 0 Å². The first kappa shape index (κ1) is 15.8. The zero-order valence-corrected chi connectivity index (χ0v) is 14.7. The topological polar surface area (TPSA) is 52.5 Å². The van der Waals surface area contributed by atoms with Gasteiger partial charge in [-0.15, -0.1) is 11.3 Å². The number of rotatable bonds is 6. The van der Waals surface area contributed by atoms with Crippen molar-refractivity contribution >= 4 is 23.0 Å². The van der Waals surface area contributed by atoms with Gasteiger partial charge in [0, 0.05) is 36.7 Å². The van der Waals surface area contributed by atoms with E-state index < -0.39 is 0 Å². The standard InChI is InChI=1S/C18H24N4OS/c23-12-14-3-1-7-21(10-14)17-9-18(20-13-19-17)22(15-5-6-15)11-16-4-2-8-24-16/h2,4,8-9,13-15,23H,1,3,5-7,10-12H2. The molecule has 0 spiro atoms. The van der Waals surface area contributed by atoms with Crippen LogP contribution in [0.25, 0.3) is 0 Å². The lowest BCUT2D eigenvalue weighted by molar-refractivity contribution is 0.208. The molecule has 2 aromatic rings. The van der Waals surface area contributed by atoms with Crippen LogP contribution in [0.2, 0.25) is 0 Å². The van der Waals surface area contributed by atoms with Crippen molar-refractivity contribution in [3.8, 4) is 0 Å². The van der Waals surface area contributed by atoms with E-state index in [0.29, 0.717) is 12.0 Å². The SMILES string of the molecule is OCC1CCCN(c2cc(N(Cc3cccs3)C3CC3)ncn2)C1. The van der Waals surface area contributed by atoms with E-state index in [1.807, 2.05) is 0 Å². The van der Waals surface area contributed by atoms with Crippen molar-refractivity contribution in [3.05, 3.63) is 34.8 Å². The van der Waals surface area contributed by atoms with Crippen molar-refractivity contribution in [1.82, 2.24) is 9.97 Å². The van der Waals surface area contributed by atoms with E-state index in [-0.39, 0.29) is 6.61 Å². The second-order valence-corrected chi connectivity index (χ2v) is 7.84. The van der Waals surface area contributed by atoms with Crippen molar-refractivity contribution < 1.29 is 5.11 Å². The summed E-state index contributed by atoms with van der Waals surface area (Å²) in [6, 6.07) is 7.05. The minimum absolute atomic E-state index is 0.265. The number of nitrogens with zero attached hydrogens (tertiary/aromatic N) is 4. The molecule has 0 bridgehead atoms. The third kappa shape index (κ3) is 3.54.